The third kappa shape index (κ3) is 11.1. The van der Waals surface area contributed by atoms with Gasteiger partial charge in [-0.15, -0.1) is 0 Å². The Balaban J connectivity index is 1.80. The molecule has 13 nitrogen and oxygen atoms in total. The number of aliphatic imine (C=N–C) groups is 1. The van der Waals surface area contributed by atoms with Crippen LogP contribution in [0.2, 0.25) is 0 Å². The van der Waals surface area contributed by atoms with Gasteiger partial charge in [-0.1, -0.05) is 48.5 Å². The number of guanidine groups is 1. The van der Waals surface area contributed by atoms with Crippen LogP contribution >= 0.6 is 11.8 Å². The van der Waals surface area contributed by atoms with Gasteiger partial charge < -0.3 is 43.2 Å². The maximum absolute atomic E-state index is 13.7. The van der Waals surface area contributed by atoms with Gasteiger partial charge in [0.1, 0.15) is 18.1 Å². The van der Waals surface area contributed by atoms with Crippen molar-refractivity contribution in [3.63, 3.8) is 0 Å². The van der Waals surface area contributed by atoms with E-state index in [2.05, 4.69) is 25.9 Å². The van der Waals surface area contributed by atoms with Gasteiger partial charge in [0.25, 0.3) is 0 Å². The highest BCUT2D eigenvalue weighted by atomic mass is 32.2. The summed E-state index contributed by atoms with van der Waals surface area (Å²) in [5, 5.41) is 18.9. The van der Waals surface area contributed by atoms with Gasteiger partial charge in [-0.2, -0.15) is 11.8 Å². The minimum atomic E-state index is -1.23. The Labute approximate surface area is 266 Å². The number of hydrogen-bond donors (Lipinski definition) is 8. The average molecular weight is 639 g/mol. The van der Waals surface area contributed by atoms with Crippen LogP contribution in [0.15, 0.2) is 65.8 Å². The Morgan fingerprint density at radius 3 is 2.20 bits per heavy atom. The van der Waals surface area contributed by atoms with E-state index in [-0.39, 0.29) is 25.2 Å². The number of aromatic amines is 1. The van der Waals surface area contributed by atoms with E-state index in [9.17, 15) is 24.3 Å². The number of nitrogens with two attached hydrogens (primary N) is 3. The summed E-state index contributed by atoms with van der Waals surface area (Å²) in [5.74, 6) is -2.47. The van der Waals surface area contributed by atoms with E-state index >= 15 is 0 Å². The van der Waals surface area contributed by atoms with E-state index in [1.165, 1.54) is 11.8 Å². The minimum Gasteiger partial charge on any atom is -0.480 e. The molecule has 0 spiro atoms. The fraction of sp³-hybridized carbons (Fsp3) is 0.387. The molecule has 0 aliphatic heterocycles. The van der Waals surface area contributed by atoms with Crippen LogP contribution < -0.4 is 33.2 Å². The maximum Gasteiger partial charge on any atom is 0.326 e. The van der Waals surface area contributed by atoms with Crippen molar-refractivity contribution in [2.45, 2.75) is 56.3 Å². The van der Waals surface area contributed by atoms with Crippen molar-refractivity contribution in [2.24, 2.45) is 22.2 Å². The molecular weight excluding hydrogens is 596 g/mol. The van der Waals surface area contributed by atoms with Crippen LogP contribution in [0.25, 0.3) is 10.9 Å². The summed E-state index contributed by atoms with van der Waals surface area (Å²) < 4.78 is 0. The highest BCUT2D eigenvalue weighted by Gasteiger charge is 2.31. The molecule has 4 atom stereocenters. The number of H-pyrrole nitrogens is 1. The molecule has 14 heteroatoms. The molecule has 1 heterocycles. The Kier molecular flexibility index (Phi) is 13.7. The average Bonchev–Trinajstić information content (AvgIpc) is 3.43. The van der Waals surface area contributed by atoms with Crippen LogP contribution in [0, 0.1) is 0 Å². The molecule has 0 aliphatic carbocycles. The largest absolute Gasteiger partial charge is 0.480 e. The molecule has 0 radical (unpaired) electrons. The van der Waals surface area contributed by atoms with Gasteiger partial charge in [-0.3, -0.25) is 19.4 Å². The van der Waals surface area contributed by atoms with Gasteiger partial charge in [0.05, 0.1) is 6.04 Å². The number of amides is 3. The molecule has 0 saturated carbocycles. The number of fused-ring (bicyclic) bond motifs is 1. The third-order valence-electron chi connectivity index (χ3n) is 7.18. The zero-order valence-electron chi connectivity index (χ0n) is 25.2. The quantitative estimate of drug-likeness (QED) is 0.0554. The number of carboxylic acids is 1. The number of nitrogens with one attached hydrogen (secondary N) is 4. The first kappa shape index (κ1) is 34.9. The molecule has 0 aliphatic rings. The van der Waals surface area contributed by atoms with E-state index in [1.54, 1.807) is 30.5 Å². The number of thioether (sulfide) groups is 1. The number of aliphatic carboxylic acids is 1. The Bertz CT molecular complexity index is 1460. The van der Waals surface area contributed by atoms with E-state index < -0.39 is 47.9 Å². The SMILES string of the molecule is CSCCC(NC(=O)C(N)CCCN=C(N)N)C(=O)NC(Cc1c[nH]c2ccccc12)C(=O)NC(Cc1ccccc1)C(=O)O. The first-order chi connectivity index (χ1) is 21.6. The molecule has 2 aromatic carbocycles. The summed E-state index contributed by atoms with van der Waals surface area (Å²) in [6, 6.07) is 12.2. The normalized spacial score (nSPS) is 13.6. The number of rotatable bonds is 18. The molecule has 0 bridgehead atoms. The summed E-state index contributed by atoms with van der Waals surface area (Å²) in [6.07, 6.45) is 4.81. The van der Waals surface area contributed by atoms with Gasteiger partial charge in [-0.05, 0) is 48.5 Å². The van der Waals surface area contributed by atoms with Crippen molar-refractivity contribution in [1.82, 2.24) is 20.9 Å². The zero-order chi connectivity index (χ0) is 32.8. The maximum atomic E-state index is 13.7. The van der Waals surface area contributed by atoms with Crippen LogP contribution in [-0.4, -0.2) is 82.5 Å². The number of carboxylic acid groups (broad SMARTS) is 1. The summed E-state index contributed by atoms with van der Waals surface area (Å²) in [5.41, 5.74) is 19.1. The van der Waals surface area contributed by atoms with E-state index in [0.717, 1.165) is 22.0 Å². The second-order valence-electron chi connectivity index (χ2n) is 10.6. The summed E-state index contributed by atoms with van der Waals surface area (Å²) in [7, 11) is 0. The Hall–Kier alpha value is -4.56. The summed E-state index contributed by atoms with van der Waals surface area (Å²) in [4.78, 5) is 59.4. The number of benzene rings is 2. The topological polar surface area (TPSA) is 231 Å². The first-order valence-electron chi connectivity index (χ1n) is 14.6. The fourth-order valence-corrected chi connectivity index (χ4v) is 5.23. The molecule has 3 amide bonds. The molecule has 4 unspecified atom stereocenters. The predicted octanol–water partition coefficient (Wildman–Crippen LogP) is 0.626. The van der Waals surface area contributed by atoms with E-state index in [1.807, 2.05) is 36.6 Å². The third-order valence-corrected chi connectivity index (χ3v) is 7.82. The highest BCUT2D eigenvalue weighted by molar-refractivity contribution is 7.98. The number of hydrogen-bond acceptors (Lipinski definition) is 7. The summed E-state index contributed by atoms with van der Waals surface area (Å²) in [6.45, 7) is 0.311. The van der Waals surface area contributed by atoms with Crippen molar-refractivity contribution < 1.29 is 24.3 Å². The number of aromatic nitrogens is 1. The van der Waals surface area contributed by atoms with Gasteiger partial charge in [0.15, 0.2) is 5.96 Å². The lowest BCUT2D eigenvalue weighted by Gasteiger charge is -2.25. The highest BCUT2D eigenvalue weighted by Crippen LogP contribution is 2.19. The lowest BCUT2D eigenvalue weighted by Crippen LogP contribution is -2.58. The van der Waals surface area contributed by atoms with Crippen LogP contribution in [0.5, 0.6) is 0 Å². The van der Waals surface area contributed by atoms with Crippen LogP contribution in [0.1, 0.15) is 30.4 Å². The zero-order valence-corrected chi connectivity index (χ0v) is 26.0. The molecule has 3 rings (SSSR count). The van der Waals surface area contributed by atoms with Gasteiger partial charge >= 0.3 is 5.97 Å². The standard InChI is InChI=1S/C31H42N8O5S/c1-45-15-13-24(37-27(40)22(32)11-7-14-35-31(33)34)28(41)38-25(17-20-18-36-23-12-6-5-10-21(20)23)29(42)39-26(30(43)44)16-19-8-3-2-4-9-19/h2-6,8-10,12,18,22,24-26,36H,7,11,13-17,32H2,1H3,(H,37,40)(H,38,41)(H,39,42)(H,43,44)(H4,33,34,35). The molecule has 45 heavy (non-hydrogen) atoms. The van der Waals surface area contributed by atoms with Crippen LogP contribution in [0.4, 0.5) is 0 Å². The van der Waals surface area contributed by atoms with Crippen LogP contribution in [-0.2, 0) is 32.0 Å². The van der Waals surface area contributed by atoms with Gasteiger partial charge in [0.2, 0.25) is 17.7 Å². The molecule has 3 aromatic rings. The number of carbonyl (C=O) groups excluding carboxylic acids is 3. The molecule has 0 saturated heterocycles. The molecule has 0 fully saturated rings. The van der Waals surface area contributed by atoms with Gasteiger partial charge in [-0.25, -0.2) is 4.79 Å². The van der Waals surface area contributed by atoms with Crippen LogP contribution in [0.3, 0.4) is 0 Å². The van der Waals surface area contributed by atoms with E-state index in [4.69, 9.17) is 17.2 Å². The number of carbonyl (C=O) groups is 4. The van der Waals surface area contributed by atoms with Gasteiger partial charge in [0, 0.05) is 36.5 Å². The smallest absolute Gasteiger partial charge is 0.326 e. The lowest BCUT2D eigenvalue weighted by atomic mass is 10.0. The van der Waals surface area contributed by atoms with E-state index in [0.29, 0.717) is 25.1 Å². The second kappa shape index (κ2) is 17.7. The molecular formula is C31H42N8O5S. The first-order valence-corrected chi connectivity index (χ1v) is 16.0. The molecule has 1 aromatic heterocycles. The van der Waals surface area contributed by atoms with Crippen molar-refractivity contribution in [2.75, 3.05) is 18.6 Å². The summed E-state index contributed by atoms with van der Waals surface area (Å²) >= 11 is 1.50. The predicted molar refractivity (Wildman–Crippen MR) is 176 cm³/mol. The number of para-hydroxylation sites is 1. The monoisotopic (exact) mass is 638 g/mol. The second-order valence-corrected chi connectivity index (χ2v) is 11.6. The number of nitrogens with zero attached hydrogens (tertiary/aromatic N) is 1. The fourth-order valence-electron chi connectivity index (χ4n) is 4.76. The van der Waals surface area contributed by atoms with Crippen molar-refractivity contribution in [1.29, 1.82) is 0 Å². The molecule has 242 valence electrons. The van der Waals surface area contributed by atoms with Crippen molar-refractivity contribution >= 4 is 52.3 Å². The minimum absolute atomic E-state index is 0.0530. The Morgan fingerprint density at radius 2 is 1.51 bits per heavy atom. The van der Waals surface area contributed by atoms with Crippen molar-refractivity contribution in [3.8, 4) is 0 Å². The van der Waals surface area contributed by atoms with Crippen molar-refractivity contribution in [3.05, 3.63) is 71.9 Å². The molecule has 11 N–H and O–H groups in total. The lowest BCUT2D eigenvalue weighted by molar-refractivity contribution is -0.142. The Morgan fingerprint density at radius 1 is 0.867 bits per heavy atom.